The molecule has 0 saturated carbocycles. The monoisotopic (exact) mass is 401 g/mol. The second-order valence-electron chi connectivity index (χ2n) is 6.48. The van der Waals surface area contributed by atoms with E-state index in [1.807, 2.05) is 20.8 Å². The summed E-state index contributed by atoms with van der Waals surface area (Å²) in [6, 6.07) is 5.12. The van der Waals surface area contributed by atoms with Gasteiger partial charge in [-0.3, -0.25) is 14.8 Å². The fourth-order valence-electron chi connectivity index (χ4n) is 2.93. The highest BCUT2D eigenvalue weighted by molar-refractivity contribution is 7.90. The maximum atomic E-state index is 12.8. The number of H-pyrrole nitrogens is 1. The van der Waals surface area contributed by atoms with E-state index < -0.39 is 11.2 Å². The third-order valence-electron chi connectivity index (χ3n) is 4.35. The van der Waals surface area contributed by atoms with Crippen LogP contribution in [0.5, 0.6) is 11.5 Å². The van der Waals surface area contributed by atoms with Crippen LogP contribution in [0.2, 0.25) is 0 Å². The molecule has 0 spiro atoms. The predicted molar refractivity (Wildman–Crippen MR) is 107 cm³/mol. The standard InChI is InChI=1S/C20H23N3O4S/c1-5-6-18(24)27-14-7-8-15-16(9-14)23-20(22-15)28(25)11-17-13(3)19(26-4)12(2)10-21-17/h7-10H,5-6,11H2,1-4H3,(H,22,23). The zero-order valence-electron chi connectivity index (χ0n) is 16.4. The molecule has 1 N–H and O–H groups in total. The molecular weight excluding hydrogens is 378 g/mol. The van der Waals surface area contributed by atoms with E-state index in [1.54, 1.807) is 31.5 Å². The Bertz CT molecular complexity index is 1000. The second-order valence-corrected chi connectivity index (χ2v) is 7.85. The predicted octanol–water partition coefficient (Wildman–Crippen LogP) is 3.60. The zero-order valence-corrected chi connectivity index (χ0v) is 17.2. The molecule has 0 saturated heterocycles. The number of imidazole rings is 1. The minimum Gasteiger partial charge on any atom is -0.609 e. The molecule has 3 rings (SSSR count). The number of esters is 1. The van der Waals surface area contributed by atoms with Crippen LogP contribution < -0.4 is 9.47 Å². The number of methoxy groups -OCH3 is 1. The van der Waals surface area contributed by atoms with E-state index in [2.05, 4.69) is 15.0 Å². The minimum atomic E-state index is -1.41. The fraction of sp³-hybridized carbons (Fsp3) is 0.350. The summed E-state index contributed by atoms with van der Waals surface area (Å²) < 4.78 is 23.5. The van der Waals surface area contributed by atoms with Crippen molar-refractivity contribution in [2.24, 2.45) is 0 Å². The maximum Gasteiger partial charge on any atom is 0.322 e. The first kappa shape index (κ1) is 20.2. The first-order chi connectivity index (χ1) is 13.4. The lowest BCUT2D eigenvalue weighted by molar-refractivity contribution is -0.134. The highest BCUT2D eigenvalue weighted by Crippen LogP contribution is 2.27. The highest BCUT2D eigenvalue weighted by atomic mass is 32.2. The van der Waals surface area contributed by atoms with Gasteiger partial charge in [0.2, 0.25) is 0 Å². The van der Waals surface area contributed by atoms with Gasteiger partial charge >= 0.3 is 11.1 Å². The number of benzene rings is 1. The van der Waals surface area contributed by atoms with Gasteiger partial charge in [0.15, 0.2) is 5.75 Å². The topological polar surface area (TPSA) is 100 Å². The van der Waals surface area contributed by atoms with Gasteiger partial charge in [-0.1, -0.05) is 6.92 Å². The van der Waals surface area contributed by atoms with Gasteiger partial charge < -0.3 is 14.0 Å². The zero-order chi connectivity index (χ0) is 20.3. The first-order valence-electron chi connectivity index (χ1n) is 9.00. The maximum absolute atomic E-state index is 12.8. The van der Waals surface area contributed by atoms with Crippen LogP contribution >= 0.6 is 0 Å². The summed E-state index contributed by atoms with van der Waals surface area (Å²) in [5.74, 6) is 1.12. The molecule has 8 heteroatoms. The number of fused-ring (bicyclic) bond motifs is 1. The first-order valence-corrected chi connectivity index (χ1v) is 10.3. The molecular formula is C20H23N3O4S. The van der Waals surface area contributed by atoms with Gasteiger partial charge in [-0.05, 0) is 32.4 Å². The van der Waals surface area contributed by atoms with Crippen molar-refractivity contribution in [1.82, 2.24) is 15.0 Å². The average Bonchev–Trinajstić information content (AvgIpc) is 3.08. The molecule has 1 unspecified atom stereocenters. The number of nitrogens with one attached hydrogen (secondary N) is 1. The molecule has 28 heavy (non-hydrogen) atoms. The fourth-order valence-corrected chi connectivity index (χ4v) is 4.03. The van der Waals surface area contributed by atoms with E-state index in [9.17, 15) is 9.35 Å². The van der Waals surface area contributed by atoms with E-state index in [-0.39, 0.29) is 11.7 Å². The molecule has 2 heterocycles. The largest absolute Gasteiger partial charge is 0.609 e. The van der Waals surface area contributed by atoms with Crippen LogP contribution in [0.15, 0.2) is 29.6 Å². The Morgan fingerprint density at radius 2 is 2.11 bits per heavy atom. The van der Waals surface area contributed by atoms with Crippen molar-refractivity contribution in [3.05, 3.63) is 41.2 Å². The highest BCUT2D eigenvalue weighted by Gasteiger charge is 2.21. The van der Waals surface area contributed by atoms with Crippen LogP contribution in [-0.2, 0) is 21.7 Å². The number of rotatable bonds is 7. The Hall–Kier alpha value is -2.58. The molecule has 0 bridgehead atoms. The number of nitrogens with zero attached hydrogens (tertiary/aromatic N) is 2. The second kappa shape index (κ2) is 8.62. The molecule has 2 aromatic heterocycles. The van der Waals surface area contributed by atoms with Crippen LogP contribution in [0.1, 0.15) is 36.6 Å². The molecule has 0 aliphatic carbocycles. The molecule has 7 nitrogen and oxygen atoms in total. The van der Waals surface area contributed by atoms with E-state index in [0.717, 1.165) is 28.8 Å². The normalized spacial score (nSPS) is 12.2. The van der Waals surface area contributed by atoms with Gasteiger partial charge in [0.05, 0.1) is 23.8 Å². The van der Waals surface area contributed by atoms with Gasteiger partial charge in [0, 0.05) is 41.0 Å². The van der Waals surface area contributed by atoms with Gasteiger partial charge in [0.1, 0.15) is 11.5 Å². The van der Waals surface area contributed by atoms with E-state index in [1.165, 1.54) is 0 Å². The van der Waals surface area contributed by atoms with Crippen molar-refractivity contribution < 1.29 is 18.8 Å². The molecule has 3 aromatic rings. The van der Waals surface area contributed by atoms with Crippen LogP contribution in [0.25, 0.3) is 11.0 Å². The third-order valence-corrected chi connectivity index (χ3v) is 5.51. The Labute approximate surface area is 166 Å². The van der Waals surface area contributed by atoms with Crippen LogP contribution in [0.3, 0.4) is 0 Å². The molecule has 0 amide bonds. The molecule has 148 valence electrons. The van der Waals surface area contributed by atoms with Gasteiger partial charge in [-0.25, -0.2) is 0 Å². The van der Waals surface area contributed by atoms with Crippen LogP contribution in [-0.4, -0.2) is 32.6 Å². The minimum absolute atomic E-state index is 0.223. The van der Waals surface area contributed by atoms with E-state index in [4.69, 9.17) is 9.47 Å². The number of pyridine rings is 1. The van der Waals surface area contributed by atoms with Gasteiger partial charge in [0.25, 0.3) is 0 Å². The lowest BCUT2D eigenvalue weighted by atomic mass is 10.1. The summed E-state index contributed by atoms with van der Waals surface area (Å²) >= 11 is -1.41. The number of ether oxygens (including phenoxy) is 2. The molecule has 0 aliphatic rings. The van der Waals surface area contributed by atoms with E-state index >= 15 is 0 Å². The summed E-state index contributed by atoms with van der Waals surface area (Å²) in [4.78, 5) is 23.5. The molecule has 1 atom stereocenters. The Balaban J connectivity index is 1.81. The summed E-state index contributed by atoms with van der Waals surface area (Å²) in [5.41, 5.74) is 3.83. The average molecular weight is 401 g/mol. The number of hydrogen-bond acceptors (Lipinski definition) is 6. The molecule has 0 fully saturated rings. The number of aromatic amines is 1. The molecule has 1 aromatic carbocycles. The summed E-state index contributed by atoms with van der Waals surface area (Å²) in [6.07, 6.45) is 2.80. The van der Waals surface area contributed by atoms with Crippen molar-refractivity contribution in [2.75, 3.05) is 7.11 Å². The van der Waals surface area contributed by atoms with Crippen molar-refractivity contribution in [1.29, 1.82) is 0 Å². The Morgan fingerprint density at radius 3 is 2.82 bits per heavy atom. The number of hydrogen-bond donors (Lipinski definition) is 1. The van der Waals surface area contributed by atoms with Gasteiger partial charge in [-0.2, -0.15) is 4.98 Å². The van der Waals surface area contributed by atoms with Crippen molar-refractivity contribution >= 4 is 28.2 Å². The molecule has 0 aliphatic heterocycles. The third kappa shape index (κ3) is 4.28. The lowest BCUT2D eigenvalue weighted by Crippen LogP contribution is -2.10. The van der Waals surface area contributed by atoms with Crippen LogP contribution in [0.4, 0.5) is 0 Å². The Kier molecular flexibility index (Phi) is 6.21. The van der Waals surface area contributed by atoms with Crippen molar-refractivity contribution in [2.45, 2.75) is 44.5 Å². The number of aryl methyl sites for hydroxylation is 1. The van der Waals surface area contributed by atoms with Crippen molar-refractivity contribution in [3.63, 3.8) is 0 Å². The lowest BCUT2D eigenvalue weighted by Gasteiger charge is -2.13. The number of carbonyl (C=O) groups is 1. The van der Waals surface area contributed by atoms with Gasteiger partial charge in [-0.15, -0.1) is 0 Å². The van der Waals surface area contributed by atoms with Crippen LogP contribution in [0, 0.1) is 13.8 Å². The summed E-state index contributed by atoms with van der Waals surface area (Å²) in [6.45, 7) is 5.74. The summed E-state index contributed by atoms with van der Waals surface area (Å²) in [7, 11) is 1.61. The number of carbonyl (C=O) groups excluding carboxylic acids is 1. The van der Waals surface area contributed by atoms with Crippen molar-refractivity contribution in [3.8, 4) is 11.5 Å². The SMILES string of the molecule is CCCC(=O)Oc1ccc2[nH]c([S+]([O-])Cc3ncc(C)c(OC)c3C)nc2c1. The Morgan fingerprint density at radius 1 is 1.32 bits per heavy atom. The summed E-state index contributed by atoms with van der Waals surface area (Å²) in [5, 5.41) is 0.354. The number of aromatic nitrogens is 3. The molecule has 0 radical (unpaired) electrons. The smallest absolute Gasteiger partial charge is 0.322 e. The quantitative estimate of drug-likeness (QED) is 0.369. The van der Waals surface area contributed by atoms with E-state index in [0.29, 0.717) is 28.5 Å².